The fourth-order valence-electron chi connectivity index (χ4n) is 4.90. The molecule has 1 atom stereocenters. The number of Topliss-reactive ketones (excluding diaryl/α,β-unsaturated/α-hetero) is 1. The molecule has 216 valence electrons. The summed E-state index contributed by atoms with van der Waals surface area (Å²) in [7, 11) is 3.96. The summed E-state index contributed by atoms with van der Waals surface area (Å²) in [5.41, 5.74) is 0.155. The predicted octanol–water partition coefficient (Wildman–Crippen LogP) is 4.61. The third-order valence-corrected chi connectivity index (χ3v) is 7.66. The van der Waals surface area contributed by atoms with Crippen LogP contribution in [0.1, 0.15) is 75.0 Å². The second-order valence-corrected chi connectivity index (χ2v) is 11.7. The molecule has 39 heavy (non-hydrogen) atoms. The van der Waals surface area contributed by atoms with Gasteiger partial charge in [0.05, 0.1) is 0 Å². The number of thioether (sulfide) groups is 1. The molecular formula is C28H42ClN5O4S. The fourth-order valence-corrected chi connectivity index (χ4v) is 5.77. The topological polar surface area (TPSA) is 109 Å². The summed E-state index contributed by atoms with van der Waals surface area (Å²) in [5, 5.41) is 11.6. The van der Waals surface area contributed by atoms with E-state index in [0.29, 0.717) is 37.3 Å². The molecule has 1 aliphatic carbocycles. The van der Waals surface area contributed by atoms with Gasteiger partial charge < -0.3 is 19.5 Å². The number of rotatable bonds is 15. The minimum absolute atomic E-state index is 0. The number of ketones is 1. The molecule has 0 radical (unpaired) electrons. The summed E-state index contributed by atoms with van der Waals surface area (Å²) in [6.45, 7) is 4.84. The van der Waals surface area contributed by atoms with Gasteiger partial charge in [-0.1, -0.05) is 62.4 Å². The highest BCUT2D eigenvalue weighted by Gasteiger charge is 2.45. The molecule has 0 aliphatic heterocycles. The van der Waals surface area contributed by atoms with Gasteiger partial charge >= 0.3 is 0 Å². The monoisotopic (exact) mass is 579 g/mol. The van der Waals surface area contributed by atoms with E-state index in [-0.39, 0.29) is 35.9 Å². The number of aromatic nitrogens is 2. The van der Waals surface area contributed by atoms with Crippen LogP contribution in [0.5, 0.6) is 0 Å². The number of amides is 2. The van der Waals surface area contributed by atoms with Crippen LogP contribution in [0.4, 0.5) is 0 Å². The zero-order valence-corrected chi connectivity index (χ0v) is 25.1. The number of hydrogen-bond donors (Lipinski definition) is 1. The van der Waals surface area contributed by atoms with Crippen LogP contribution in [0.25, 0.3) is 0 Å². The Labute approximate surface area is 242 Å². The molecule has 1 fully saturated rings. The minimum Gasteiger partial charge on any atom is -0.408 e. The number of benzene rings is 1. The molecule has 0 saturated heterocycles. The van der Waals surface area contributed by atoms with Gasteiger partial charge in [-0.05, 0) is 64.1 Å². The van der Waals surface area contributed by atoms with Crippen molar-refractivity contribution < 1.29 is 18.8 Å². The zero-order valence-electron chi connectivity index (χ0n) is 23.4. The van der Waals surface area contributed by atoms with Gasteiger partial charge in [0.1, 0.15) is 11.7 Å². The number of nitrogens with zero attached hydrogens (tertiary/aromatic N) is 4. The van der Waals surface area contributed by atoms with Crippen molar-refractivity contribution in [1.29, 1.82) is 0 Å². The molecule has 1 heterocycles. The fraction of sp³-hybridized carbons (Fsp3) is 0.607. The third kappa shape index (κ3) is 9.61. The van der Waals surface area contributed by atoms with E-state index in [0.717, 1.165) is 43.5 Å². The van der Waals surface area contributed by atoms with Gasteiger partial charge in [-0.3, -0.25) is 14.4 Å². The normalized spacial score (nSPS) is 15.4. The molecule has 2 aromatic rings. The van der Waals surface area contributed by atoms with Crippen molar-refractivity contribution >= 4 is 42.3 Å². The van der Waals surface area contributed by atoms with E-state index in [1.807, 2.05) is 63.2 Å². The van der Waals surface area contributed by atoms with Crippen molar-refractivity contribution in [2.75, 3.05) is 26.4 Å². The summed E-state index contributed by atoms with van der Waals surface area (Å²) in [4.78, 5) is 43.2. The first-order valence-corrected chi connectivity index (χ1v) is 14.5. The van der Waals surface area contributed by atoms with Crippen molar-refractivity contribution in [2.45, 2.75) is 82.1 Å². The predicted molar refractivity (Wildman–Crippen MR) is 155 cm³/mol. The van der Waals surface area contributed by atoms with E-state index in [4.69, 9.17) is 4.42 Å². The maximum Gasteiger partial charge on any atom is 0.286 e. The maximum atomic E-state index is 13.7. The van der Waals surface area contributed by atoms with Crippen LogP contribution >= 0.6 is 24.2 Å². The van der Waals surface area contributed by atoms with Gasteiger partial charge in [-0.15, -0.1) is 22.6 Å². The van der Waals surface area contributed by atoms with Crippen LogP contribution in [0.15, 0.2) is 40.0 Å². The Bertz CT molecular complexity index is 1040. The van der Waals surface area contributed by atoms with Gasteiger partial charge in [0.25, 0.3) is 11.1 Å². The van der Waals surface area contributed by atoms with E-state index in [1.54, 1.807) is 0 Å². The van der Waals surface area contributed by atoms with E-state index in [9.17, 15) is 14.4 Å². The Hall–Kier alpha value is -2.43. The number of carbonyl (C=O) groups excluding carboxylic acids is 3. The van der Waals surface area contributed by atoms with Crippen molar-refractivity contribution in [3.8, 4) is 0 Å². The first-order valence-electron chi connectivity index (χ1n) is 13.5. The quantitative estimate of drug-likeness (QED) is 0.141. The van der Waals surface area contributed by atoms with Gasteiger partial charge in [0, 0.05) is 18.7 Å². The average Bonchev–Trinajstić information content (AvgIpc) is 3.36. The smallest absolute Gasteiger partial charge is 0.286 e. The number of aryl methyl sites for hydroxylation is 1. The number of halogens is 1. The molecule has 0 bridgehead atoms. The van der Waals surface area contributed by atoms with Crippen molar-refractivity contribution in [1.82, 2.24) is 25.3 Å². The maximum absolute atomic E-state index is 13.7. The van der Waals surface area contributed by atoms with Crippen molar-refractivity contribution in [3.05, 3.63) is 41.8 Å². The molecular weight excluding hydrogens is 538 g/mol. The lowest BCUT2D eigenvalue weighted by atomic mass is 9.84. The van der Waals surface area contributed by atoms with E-state index < -0.39 is 11.7 Å². The Balaban J connectivity index is 0.00000533. The molecule has 1 aromatic heterocycles. The first-order chi connectivity index (χ1) is 18.2. The molecule has 3 rings (SSSR count). The summed E-state index contributed by atoms with van der Waals surface area (Å²) in [6.07, 6.45) is 5.99. The summed E-state index contributed by atoms with van der Waals surface area (Å²) in [5.74, 6) is 0.252. The van der Waals surface area contributed by atoms with Gasteiger partial charge in [-0.2, -0.15) is 0 Å². The van der Waals surface area contributed by atoms with Gasteiger partial charge in [-0.25, -0.2) is 0 Å². The molecule has 1 N–H and O–H groups in total. The highest BCUT2D eigenvalue weighted by molar-refractivity contribution is 7.99. The van der Waals surface area contributed by atoms with Gasteiger partial charge in [0.2, 0.25) is 18.1 Å². The Kier molecular flexibility index (Phi) is 13.4. The average molecular weight is 580 g/mol. The molecule has 1 aliphatic rings. The lowest BCUT2D eigenvalue weighted by Gasteiger charge is -2.48. The highest BCUT2D eigenvalue weighted by atomic mass is 35.5. The van der Waals surface area contributed by atoms with Crippen LogP contribution in [0.3, 0.4) is 0 Å². The van der Waals surface area contributed by atoms with Crippen LogP contribution in [0, 0.1) is 5.92 Å². The minimum atomic E-state index is -0.924. The standard InChI is InChI=1S/C28H41N5O4S.ClH/c1-21(2)19-23(25(36)26-30-31-27(37-26)38-18-17-32(3)4)33(20-34)28(15-9-6-10-16-28)29-24(35)14-13-22-11-7-5-8-12-22;/h5,7-8,11-12,20-21,23H,6,9-10,13-19H2,1-4H3,(H,29,35);1H. The molecule has 1 unspecified atom stereocenters. The molecule has 11 heteroatoms. The van der Waals surface area contributed by atoms with Crippen LogP contribution in [-0.2, 0) is 16.0 Å². The number of hydrogen-bond acceptors (Lipinski definition) is 8. The van der Waals surface area contributed by atoms with Crippen molar-refractivity contribution in [2.24, 2.45) is 5.92 Å². The molecule has 1 saturated carbocycles. The van der Waals surface area contributed by atoms with E-state index in [2.05, 4.69) is 15.5 Å². The second-order valence-electron chi connectivity index (χ2n) is 10.7. The lowest BCUT2D eigenvalue weighted by molar-refractivity contribution is -0.137. The molecule has 0 spiro atoms. The molecule has 2 amide bonds. The number of nitrogens with one attached hydrogen (secondary N) is 1. The lowest BCUT2D eigenvalue weighted by Crippen LogP contribution is -2.65. The zero-order chi connectivity index (χ0) is 27.5. The Morgan fingerprint density at radius 1 is 1.13 bits per heavy atom. The van der Waals surface area contributed by atoms with Crippen LogP contribution < -0.4 is 5.32 Å². The largest absolute Gasteiger partial charge is 0.408 e. The summed E-state index contributed by atoms with van der Waals surface area (Å²) in [6, 6.07) is 9.03. The molecule has 9 nitrogen and oxygen atoms in total. The van der Waals surface area contributed by atoms with Crippen LogP contribution in [0.2, 0.25) is 0 Å². The second kappa shape index (κ2) is 16.0. The summed E-state index contributed by atoms with van der Waals surface area (Å²) >= 11 is 1.39. The Morgan fingerprint density at radius 2 is 1.82 bits per heavy atom. The first kappa shape index (κ1) is 32.8. The van der Waals surface area contributed by atoms with Crippen molar-refractivity contribution in [3.63, 3.8) is 0 Å². The SMILES string of the molecule is CC(C)CC(C(=O)c1nnc(SCCN(C)C)o1)N(C=O)C1(NC(=O)CCc2ccccc2)CCCCC1.Cl. The van der Waals surface area contributed by atoms with E-state index in [1.165, 1.54) is 16.7 Å². The van der Waals surface area contributed by atoms with Crippen LogP contribution in [-0.4, -0.2) is 76.2 Å². The third-order valence-electron chi connectivity index (χ3n) is 6.86. The number of carbonyl (C=O) groups is 3. The van der Waals surface area contributed by atoms with Gasteiger partial charge in [0.15, 0.2) is 0 Å². The highest BCUT2D eigenvalue weighted by Crippen LogP contribution is 2.34. The van der Waals surface area contributed by atoms with E-state index >= 15 is 0 Å². The Morgan fingerprint density at radius 3 is 2.44 bits per heavy atom. The summed E-state index contributed by atoms with van der Waals surface area (Å²) < 4.78 is 5.72. The molecule has 1 aromatic carbocycles.